The summed E-state index contributed by atoms with van der Waals surface area (Å²) >= 11 is 0. The molecular weight excluding hydrogens is 280 g/mol. The molecule has 4 unspecified atom stereocenters. The van der Waals surface area contributed by atoms with Gasteiger partial charge < -0.3 is 14.6 Å². The summed E-state index contributed by atoms with van der Waals surface area (Å²) in [6.07, 6.45) is 6.07. The first kappa shape index (κ1) is 16.9. The number of hydrogen-bond acceptors (Lipinski definition) is 4. The molecule has 0 saturated carbocycles. The van der Waals surface area contributed by atoms with Crippen LogP contribution in [0.5, 0.6) is 0 Å². The van der Waals surface area contributed by atoms with Crippen LogP contribution in [-0.4, -0.2) is 35.5 Å². The second kappa shape index (κ2) is 8.83. The molecule has 0 aromatic heterocycles. The number of hydrogen-bond donors (Lipinski definition) is 1. The van der Waals surface area contributed by atoms with E-state index in [0.29, 0.717) is 12.8 Å². The average molecular weight is 304 g/mol. The molecule has 4 atom stereocenters. The smallest absolute Gasteiger partial charge is 0.307 e. The van der Waals surface area contributed by atoms with E-state index in [1.165, 1.54) is 0 Å². The van der Waals surface area contributed by atoms with Gasteiger partial charge in [-0.25, -0.2) is 0 Å². The summed E-state index contributed by atoms with van der Waals surface area (Å²) in [5, 5.41) is 9.89. The van der Waals surface area contributed by atoms with Crippen molar-refractivity contribution in [3.8, 4) is 23.7 Å². The zero-order chi connectivity index (χ0) is 15.8. The molecule has 22 heavy (non-hydrogen) atoms. The fourth-order valence-corrected chi connectivity index (χ4v) is 2.55. The number of esters is 1. The fraction of sp³-hybridized carbons (Fsp3) is 0.722. The van der Waals surface area contributed by atoms with E-state index < -0.39 is 12.2 Å². The van der Waals surface area contributed by atoms with Crippen molar-refractivity contribution in [1.29, 1.82) is 0 Å². The highest BCUT2D eigenvalue weighted by Gasteiger charge is 2.43. The van der Waals surface area contributed by atoms with E-state index in [4.69, 9.17) is 9.47 Å². The Morgan fingerprint density at radius 1 is 1.14 bits per heavy atom. The van der Waals surface area contributed by atoms with Crippen molar-refractivity contribution < 1.29 is 19.4 Å². The van der Waals surface area contributed by atoms with Gasteiger partial charge in [0.1, 0.15) is 12.2 Å². The highest BCUT2D eigenvalue weighted by Crippen LogP contribution is 2.30. The standard InChI is InChI=1S/C18H24O4/c1-2-14-10-8-9-11-15(19)18-16(22-18)12-6-4-3-5-7-13-17(20)21-14/h14-16,18-19H,2-7,12-13H2,1H3. The number of rotatable bonds is 1. The molecule has 0 spiro atoms. The van der Waals surface area contributed by atoms with Gasteiger partial charge in [-0.2, -0.15) is 0 Å². The molecule has 4 heteroatoms. The first-order valence-corrected chi connectivity index (χ1v) is 8.24. The van der Waals surface area contributed by atoms with Crippen molar-refractivity contribution in [3.63, 3.8) is 0 Å². The number of cyclic esters (lactones) is 1. The first-order chi connectivity index (χ1) is 10.7. The number of aliphatic hydroxyl groups excluding tert-OH is 1. The molecule has 1 N–H and O–H groups in total. The monoisotopic (exact) mass is 304 g/mol. The maximum absolute atomic E-state index is 11.7. The molecule has 4 nitrogen and oxygen atoms in total. The maximum Gasteiger partial charge on any atom is 0.307 e. The molecule has 120 valence electrons. The number of carbonyl (C=O) groups is 1. The molecule has 2 aliphatic rings. The van der Waals surface area contributed by atoms with Crippen LogP contribution in [0.3, 0.4) is 0 Å². The molecule has 0 aliphatic carbocycles. The van der Waals surface area contributed by atoms with Crippen LogP contribution in [0.4, 0.5) is 0 Å². The first-order valence-electron chi connectivity index (χ1n) is 8.24. The Labute approximate surface area is 132 Å². The van der Waals surface area contributed by atoms with Gasteiger partial charge in [0.15, 0.2) is 6.10 Å². The second-order valence-corrected chi connectivity index (χ2v) is 5.82. The third kappa shape index (κ3) is 5.72. The van der Waals surface area contributed by atoms with Crippen LogP contribution in [0.25, 0.3) is 0 Å². The quantitative estimate of drug-likeness (QED) is 0.458. The van der Waals surface area contributed by atoms with Crippen molar-refractivity contribution in [2.45, 2.75) is 82.7 Å². The van der Waals surface area contributed by atoms with Gasteiger partial charge in [-0.3, -0.25) is 4.79 Å². The molecule has 0 aromatic carbocycles. The predicted octanol–water partition coefficient (Wildman–Crippen LogP) is 2.19. The Bertz CT molecular complexity index is 491. The van der Waals surface area contributed by atoms with Gasteiger partial charge in [-0.15, -0.1) is 0 Å². The molecule has 2 heterocycles. The van der Waals surface area contributed by atoms with Gasteiger partial charge in [0, 0.05) is 6.42 Å². The van der Waals surface area contributed by atoms with E-state index in [1.54, 1.807) is 0 Å². The SMILES string of the molecule is CCC1C#CC#CC(O)C2OC2CCCCCCCC(=O)O1. The lowest BCUT2D eigenvalue weighted by Gasteiger charge is -2.09. The van der Waals surface area contributed by atoms with Gasteiger partial charge in [0.2, 0.25) is 0 Å². The van der Waals surface area contributed by atoms with E-state index in [0.717, 1.165) is 38.5 Å². The fourth-order valence-electron chi connectivity index (χ4n) is 2.55. The van der Waals surface area contributed by atoms with E-state index in [1.807, 2.05) is 6.92 Å². The van der Waals surface area contributed by atoms with Gasteiger partial charge in [-0.1, -0.05) is 38.5 Å². The van der Waals surface area contributed by atoms with E-state index in [9.17, 15) is 9.90 Å². The molecule has 0 aromatic rings. The van der Waals surface area contributed by atoms with Gasteiger partial charge in [0.25, 0.3) is 0 Å². The average Bonchev–Trinajstić information content (AvgIpc) is 3.28. The molecular formula is C18H24O4. The summed E-state index contributed by atoms with van der Waals surface area (Å²) in [7, 11) is 0. The van der Waals surface area contributed by atoms with Crippen LogP contribution in [0, 0.1) is 23.7 Å². The third-order valence-electron chi connectivity index (χ3n) is 3.96. The van der Waals surface area contributed by atoms with Crippen molar-refractivity contribution in [1.82, 2.24) is 0 Å². The molecule has 2 rings (SSSR count). The molecule has 1 saturated heterocycles. The van der Waals surface area contributed by atoms with Crippen LogP contribution < -0.4 is 0 Å². The number of aliphatic hydroxyl groups is 1. The molecule has 0 radical (unpaired) electrons. The van der Waals surface area contributed by atoms with Crippen LogP contribution in [0.2, 0.25) is 0 Å². The summed E-state index contributed by atoms with van der Waals surface area (Å²) in [5.41, 5.74) is 0. The highest BCUT2D eigenvalue weighted by molar-refractivity contribution is 5.69. The minimum Gasteiger partial charge on any atom is -0.449 e. The third-order valence-corrected chi connectivity index (χ3v) is 3.96. The zero-order valence-electron chi connectivity index (χ0n) is 13.1. The van der Waals surface area contributed by atoms with E-state index >= 15 is 0 Å². The van der Waals surface area contributed by atoms with Gasteiger partial charge in [-0.05, 0) is 37.0 Å². The lowest BCUT2D eigenvalue weighted by atomic mass is 10.1. The lowest BCUT2D eigenvalue weighted by Crippen LogP contribution is -2.15. The Morgan fingerprint density at radius 3 is 2.68 bits per heavy atom. The van der Waals surface area contributed by atoms with E-state index in [-0.39, 0.29) is 18.2 Å². The van der Waals surface area contributed by atoms with Gasteiger partial charge in [0.05, 0.1) is 6.10 Å². The summed E-state index contributed by atoms with van der Waals surface area (Å²) in [6.45, 7) is 1.92. The second-order valence-electron chi connectivity index (χ2n) is 5.82. The Hall–Kier alpha value is -1.49. The normalized spacial score (nSPS) is 33.1. The van der Waals surface area contributed by atoms with Crippen molar-refractivity contribution in [3.05, 3.63) is 0 Å². The number of epoxide rings is 1. The number of carbonyl (C=O) groups excluding carboxylic acids is 1. The minimum absolute atomic E-state index is 0.140. The summed E-state index contributed by atoms with van der Waals surface area (Å²) in [5.74, 6) is 10.6. The minimum atomic E-state index is -0.780. The lowest BCUT2D eigenvalue weighted by molar-refractivity contribution is -0.146. The van der Waals surface area contributed by atoms with Crippen LogP contribution >= 0.6 is 0 Å². The van der Waals surface area contributed by atoms with Crippen molar-refractivity contribution >= 4 is 5.97 Å². The largest absolute Gasteiger partial charge is 0.449 e. The highest BCUT2D eigenvalue weighted by atomic mass is 16.6. The van der Waals surface area contributed by atoms with Gasteiger partial charge >= 0.3 is 5.97 Å². The summed E-state index contributed by atoms with van der Waals surface area (Å²) in [6, 6.07) is 0. The number of ether oxygens (including phenoxy) is 2. The summed E-state index contributed by atoms with van der Waals surface area (Å²) in [4.78, 5) is 11.7. The Balaban J connectivity index is 1.95. The molecule has 1 fully saturated rings. The van der Waals surface area contributed by atoms with Crippen LogP contribution in [0.15, 0.2) is 0 Å². The zero-order valence-corrected chi connectivity index (χ0v) is 13.1. The Kier molecular flexibility index (Phi) is 6.77. The Morgan fingerprint density at radius 2 is 1.86 bits per heavy atom. The number of fused-ring (bicyclic) bond motifs is 1. The molecule has 0 amide bonds. The predicted molar refractivity (Wildman–Crippen MR) is 82.7 cm³/mol. The maximum atomic E-state index is 11.7. The molecule has 0 bridgehead atoms. The van der Waals surface area contributed by atoms with Crippen molar-refractivity contribution in [2.24, 2.45) is 0 Å². The van der Waals surface area contributed by atoms with Crippen molar-refractivity contribution in [2.75, 3.05) is 0 Å². The molecule has 2 aliphatic heterocycles. The van der Waals surface area contributed by atoms with E-state index in [2.05, 4.69) is 23.7 Å². The van der Waals surface area contributed by atoms with Crippen LogP contribution in [-0.2, 0) is 14.3 Å². The summed E-state index contributed by atoms with van der Waals surface area (Å²) < 4.78 is 10.8. The van der Waals surface area contributed by atoms with Crippen LogP contribution in [0.1, 0.15) is 58.3 Å². The topological polar surface area (TPSA) is 59.1 Å².